The molecular weight excluding hydrogens is 276 g/mol. The number of hydrogen-bond donors (Lipinski definition) is 1. The minimum Gasteiger partial charge on any atom is -0.352 e. The largest absolute Gasteiger partial charge is 0.352 e. The summed E-state index contributed by atoms with van der Waals surface area (Å²) < 4.78 is 0. The zero-order valence-corrected chi connectivity index (χ0v) is 12.7. The molecule has 0 heterocycles. The van der Waals surface area contributed by atoms with Crippen LogP contribution in [0.3, 0.4) is 0 Å². The van der Waals surface area contributed by atoms with Crippen LogP contribution in [0.1, 0.15) is 17.5 Å². The van der Waals surface area contributed by atoms with Crippen molar-refractivity contribution in [1.29, 1.82) is 0 Å². The van der Waals surface area contributed by atoms with E-state index < -0.39 is 0 Å². The number of carbonyl (C=O) groups is 2. The molecule has 0 saturated heterocycles. The van der Waals surface area contributed by atoms with Crippen LogP contribution >= 0.6 is 0 Å². The molecule has 0 aromatic heterocycles. The SMILES string of the molecule is CN(Cc1ccccc1)C(=O)CC(=O)NCc1ccccc1. The summed E-state index contributed by atoms with van der Waals surface area (Å²) in [5.41, 5.74) is 2.06. The van der Waals surface area contributed by atoms with E-state index in [0.717, 1.165) is 11.1 Å². The molecule has 2 aromatic rings. The highest BCUT2D eigenvalue weighted by atomic mass is 16.2. The van der Waals surface area contributed by atoms with E-state index in [1.54, 1.807) is 11.9 Å². The fourth-order valence-corrected chi connectivity index (χ4v) is 2.08. The van der Waals surface area contributed by atoms with Crippen LogP contribution in [0.15, 0.2) is 60.7 Å². The second kappa shape index (κ2) is 7.98. The van der Waals surface area contributed by atoms with Crippen LogP contribution in [-0.4, -0.2) is 23.8 Å². The third-order valence-corrected chi connectivity index (χ3v) is 3.33. The Kier molecular flexibility index (Phi) is 5.72. The topological polar surface area (TPSA) is 49.4 Å². The number of amides is 2. The molecule has 114 valence electrons. The van der Waals surface area contributed by atoms with Crippen molar-refractivity contribution in [3.63, 3.8) is 0 Å². The van der Waals surface area contributed by atoms with Crippen molar-refractivity contribution < 1.29 is 9.59 Å². The summed E-state index contributed by atoms with van der Waals surface area (Å²) >= 11 is 0. The molecule has 1 N–H and O–H groups in total. The van der Waals surface area contributed by atoms with Crippen molar-refractivity contribution in [3.05, 3.63) is 71.8 Å². The van der Waals surface area contributed by atoms with Gasteiger partial charge in [-0.1, -0.05) is 60.7 Å². The highest BCUT2D eigenvalue weighted by Gasteiger charge is 2.13. The van der Waals surface area contributed by atoms with Crippen LogP contribution in [0.5, 0.6) is 0 Å². The Balaban J connectivity index is 1.77. The molecule has 0 spiro atoms. The molecule has 0 saturated carbocycles. The number of hydrogen-bond acceptors (Lipinski definition) is 2. The van der Waals surface area contributed by atoms with Crippen molar-refractivity contribution in [2.24, 2.45) is 0 Å². The smallest absolute Gasteiger partial charge is 0.232 e. The fourth-order valence-electron chi connectivity index (χ4n) is 2.08. The van der Waals surface area contributed by atoms with E-state index >= 15 is 0 Å². The predicted molar refractivity (Wildman–Crippen MR) is 85.8 cm³/mol. The minimum absolute atomic E-state index is 0.129. The van der Waals surface area contributed by atoms with Crippen molar-refractivity contribution in [3.8, 4) is 0 Å². The third kappa shape index (κ3) is 5.05. The highest BCUT2D eigenvalue weighted by Crippen LogP contribution is 2.04. The van der Waals surface area contributed by atoms with Gasteiger partial charge in [-0.15, -0.1) is 0 Å². The van der Waals surface area contributed by atoms with Gasteiger partial charge in [-0.2, -0.15) is 0 Å². The molecule has 0 fully saturated rings. The zero-order valence-electron chi connectivity index (χ0n) is 12.7. The standard InChI is InChI=1S/C18H20N2O2/c1-20(14-16-10-6-3-7-11-16)18(22)12-17(21)19-13-15-8-4-2-5-9-15/h2-11H,12-14H2,1H3,(H,19,21). The average Bonchev–Trinajstić information content (AvgIpc) is 2.55. The summed E-state index contributed by atoms with van der Waals surface area (Å²) in [7, 11) is 1.71. The maximum absolute atomic E-state index is 12.0. The Morgan fingerprint density at radius 2 is 1.45 bits per heavy atom. The second-order valence-corrected chi connectivity index (χ2v) is 5.17. The van der Waals surface area contributed by atoms with E-state index in [-0.39, 0.29) is 18.2 Å². The highest BCUT2D eigenvalue weighted by molar-refractivity contribution is 5.96. The fraction of sp³-hybridized carbons (Fsp3) is 0.222. The van der Waals surface area contributed by atoms with Gasteiger partial charge in [0, 0.05) is 20.1 Å². The van der Waals surface area contributed by atoms with Crippen molar-refractivity contribution in [1.82, 2.24) is 10.2 Å². The monoisotopic (exact) mass is 296 g/mol. The maximum Gasteiger partial charge on any atom is 0.232 e. The summed E-state index contributed by atoms with van der Waals surface area (Å²) in [4.78, 5) is 25.4. The van der Waals surface area contributed by atoms with Crippen LogP contribution in [0, 0.1) is 0 Å². The van der Waals surface area contributed by atoms with Gasteiger partial charge in [0.2, 0.25) is 11.8 Å². The molecule has 0 aliphatic carbocycles. The molecule has 2 aromatic carbocycles. The van der Waals surface area contributed by atoms with Crippen LogP contribution in [0.4, 0.5) is 0 Å². The predicted octanol–water partition coefficient (Wildman–Crippen LogP) is 2.35. The molecule has 2 amide bonds. The van der Waals surface area contributed by atoms with E-state index in [9.17, 15) is 9.59 Å². The van der Waals surface area contributed by atoms with Gasteiger partial charge in [0.05, 0.1) is 0 Å². The van der Waals surface area contributed by atoms with Crippen LogP contribution < -0.4 is 5.32 Å². The van der Waals surface area contributed by atoms with Gasteiger partial charge in [-0.3, -0.25) is 9.59 Å². The van der Waals surface area contributed by atoms with Gasteiger partial charge in [0.15, 0.2) is 0 Å². The molecule has 4 nitrogen and oxygen atoms in total. The van der Waals surface area contributed by atoms with Crippen molar-refractivity contribution in [2.75, 3.05) is 7.05 Å². The van der Waals surface area contributed by atoms with Gasteiger partial charge in [-0.05, 0) is 11.1 Å². The first-order chi connectivity index (χ1) is 10.6. The number of rotatable bonds is 6. The van der Waals surface area contributed by atoms with Crippen molar-refractivity contribution in [2.45, 2.75) is 19.5 Å². The number of nitrogens with one attached hydrogen (secondary N) is 1. The van der Waals surface area contributed by atoms with E-state index in [0.29, 0.717) is 13.1 Å². The molecule has 2 rings (SSSR count). The molecule has 0 bridgehead atoms. The summed E-state index contributed by atoms with van der Waals surface area (Å²) in [6.07, 6.45) is -0.129. The molecule has 4 heteroatoms. The molecule has 0 radical (unpaired) electrons. The normalized spacial score (nSPS) is 10.0. The first kappa shape index (κ1) is 15.8. The Hall–Kier alpha value is -2.62. The Morgan fingerprint density at radius 3 is 2.05 bits per heavy atom. The zero-order chi connectivity index (χ0) is 15.8. The lowest BCUT2D eigenvalue weighted by Crippen LogP contribution is -2.32. The average molecular weight is 296 g/mol. The lowest BCUT2D eigenvalue weighted by Gasteiger charge is -2.17. The minimum atomic E-state index is -0.256. The van der Waals surface area contributed by atoms with E-state index in [1.807, 2.05) is 60.7 Å². The molecule has 0 aliphatic rings. The van der Waals surface area contributed by atoms with Crippen LogP contribution in [0.25, 0.3) is 0 Å². The van der Waals surface area contributed by atoms with Gasteiger partial charge in [0.25, 0.3) is 0 Å². The summed E-state index contributed by atoms with van der Waals surface area (Å²) in [5, 5.41) is 2.76. The van der Waals surface area contributed by atoms with Gasteiger partial charge in [0.1, 0.15) is 6.42 Å². The van der Waals surface area contributed by atoms with Crippen LogP contribution in [0.2, 0.25) is 0 Å². The maximum atomic E-state index is 12.0. The third-order valence-electron chi connectivity index (χ3n) is 3.33. The van der Waals surface area contributed by atoms with Crippen molar-refractivity contribution >= 4 is 11.8 Å². The van der Waals surface area contributed by atoms with E-state index in [1.165, 1.54) is 0 Å². The summed E-state index contributed by atoms with van der Waals surface area (Å²) in [5.74, 6) is -0.442. The molecular formula is C18H20N2O2. The summed E-state index contributed by atoms with van der Waals surface area (Å²) in [6, 6.07) is 19.3. The number of benzene rings is 2. The molecule has 0 unspecified atom stereocenters. The second-order valence-electron chi connectivity index (χ2n) is 5.17. The van der Waals surface area contributed by atoms with Crippen LogP contribution in [-0.2, 0) is 22.7 Å². The first-order valence-electron chi connectivity index (χ1n) is 7.23. The van der Waals surface area contributed by atoms with E-state index in [4.69, 9.17) is 0 Å². The number of nitrogens with zero attached hydrogens (tertiary/aromatic N) is 1. The molecule has 0 aliphatic heterocycles. The van der Waals surface area contributed by atoms with Gasteiger partial charge in [-0.25, -0.2) is 0 Å². The van der Waals surface area contributed by atoms with Gasteiger partial charge >= 0.3 is 0 Å². The number of carbonyl (C=O) groups excluding carboxylic acids is 2. The molecule has 0 atom stereocenters. The Morgan fingerprint density at radius 1 is 0.909 bits per heavy atom. The first-order valence-corrected chi connectivity index (χ1v) is 7.23. The van der Waals surface area contributed by atoms with E-state index in [2.05, 4.69) is 5.32 Å². The van der Waals surface area contributed by atoms with Gasteiger partial charge < -0.3 is 10.2 Å². The Labute approximate surface area is 130 Å². The quantitative estimate of drug-likeness (QED) is 0.832. The lowest BCUT2D eigenvalue weighted by molar-refractivity contribution is -0.135. The summed E-state index contributed by atoms with van der Waals surface area (Å²) in [6.45, 7) is 0.945. The molecule has 22 heavy (non-hydrogen) atoms. The lowest BCUT2D eigenvalue weighted by atomic mass is 10.2. The Bertz CT molecular complexity index is 611.